The largest absolute Gasteiger partial charge is 0.356 e. The summed E-state index contributed by atoms with van der Waals surface area (Å²) < 4.78 is 0. The zero-order valence-electron chi connectivity index (χ0n) is 19.8. The van der Waals surface area contributed by atoms with Gasteiger partial charge in [-0.2, -0.15) is 0 Å². The number of hydrogen-bond acceptors (Lipinski definition) is 3. The minimum absolute atomic E-state index is 0.613. The van der Waals surface area contributed by atoms with Crippen LogP contribution in [-0.2, 0) is 19.3 Å². The maximum atomic E-state index is 6.48. The van der Waals surface area contributed by atoms with Gasteiger partial charge in [0.25, 0.3) is 0 Å². The first-order valence-corrected chi connectivity index (χ1v) is 12.6. The fourth-order valence-corrected chi connectivity index (χ4v) is 5.38. The summed E-state index contributed by atoms with van der Waals surface area (Å²) in [5.41, 5.74) is 9.38. The molecule has 32 heavy (non-hydrogen) atoms. The van der Waals surface area contributed by atoms with Crippen molar-refractivity contribution in [3.63, 3.8) is 0 Å². The third-order valence-electron chi connectivity index (χ3n) is 6.95. The minimum Gasteiger partial charge on any atom is -0.356 e. The Hall–Kier alpha value is -2.10. The van der Waals surface area contributed by atoms with E-state index in [-0.39, 0.29) is 0 Å². The van der Waals surface area contributed by atoms with Crippen molar-refractivity contribution in [3.05, 3.63) is 81.3 Å². The molecule has 1 atom stereocenters. The molecular formula is C28H36ClN3. The second-order valence-electron chi connectivity index (χ2n) is 9.17. The van der Waals surface area contributed by atoms with Crippen LogP contribution >= 0.6 is 11.6 Å². The van der Waals surface area contributed by atoms with Crippen molar-refractivity contribution in [2.75, 3.05) is 13.1 Å². The number of aryl methyl sites for hydroxylation is 2. The van der Waals surface area contributed by atoms with Crippen LogP contribution in [-0.4, -0.2) is 29.0 Å². The number of pyridine rings is 1. The van der Waals surface area contributed by atoms with Crippen LogP contribution in [0.15, 0.2) is 53.9 Å². The van der Waals surface area contributed by atoms with Crippen molar-refractivity contribution in [1.29, 1.82) is 0 Å². The predicted octanol–water partition coefficient (Wildman–Crippen LogP) is 6.57. The molecule has 1 aliphatic carbocycles. The van der Waals surface area contributed by atoms with Crippen LogP contribution in [0.4, 0.5) is 0 Å². The number of rotatable bonds is 7. The summed E-state index contributed by atoms with van der Waals surface area (Å²) in [4.78, 5) is 7.25. The Labute approximate surface area is 198 Å². The molecule has 0 saturated heterocycles. The average Bonchev–Trinajstić information content (AvgIpc) is 2.81. The molecule has 0 fully saturated rings. The molecule has 0 bridgehead atoms. The summed E-state index contributed by atoms with van der Waals surface area (Å²) in [6.07, 6.45) is 12.1. The number of nitrogens with zero attached hydrogens (tertiary/aromatic N) is 2. The molecule has 3 nitrogen and oxygen atoms in total. The molecule has 1 N–H and O–H groups in total. The Morgan fingerprint density at radius 1 is 1.22 bits per heavy atom. The molecule has 4 rings (SSSR count). The minimum atomic E-state index is 0.613. The highest BCUT2D eigenvalue weighted by molar-refractivity contribution is 6.32. The Balaban J connectivity index is 1.51. The summed E-state index contributed by atoms with van der Waals surface area (Å²) >= 11 is 6.48. The van der Waals surface area contributed by atoms with Gasteiger partial charge in [-0.25, -0.2) is 0 Å². The predicted molar refractivity (Wildman–Crippen MR) is 136 cm³/mol. The van der Waals surface area contributed by atoms with E-state index in [1.165, 1.54) is 43.4 Å². The van der Waals surface area contributed by atoms with Crippen LogP contribution in [0.2, 0.25) is 5.02 Å². The molecule has 1 unspecified atom stereocenters. The number of aromatic nitrogens is 1. The molecule has 1 aliphatic heterocycles. The number of allylic oxidation sites excluding steroid dienone is 1. The topological polar surface area (TPSA) is 28.2 Å². The van der Waals surface area contributed by atoms with Crippen LogP contribution in [0.25, 0.3) is 5.70 Å². The molecule has 2 aromatic rings. The summed E-state index contributed by atoms with van der Waals surface area (Å²) in [6, 6.07) is 11.4. The highest BCUT2D eigenvalue weighted by Crippen LogP contribution is 2.31. The van der Waals surface area contributed by atoms with Crippen LogP contribution in [0, 0.1) is 0 Å². The quantitative estimate of drug-likeness (QED) is 0.518. The molecule has 0 amide bonds. The monoisotopic (exact) mass is 449 g/mol. The molecular weight excluding hydrogens is 414 g/mol. The SMILES string of the molecule is CC/C=C(/NC1=C(C)CCN(C2CCc3cccc(CCC)c3C2)C1)c1ncccc1Cl. The van der Waals surface area contributed by atoms with E-state index < -0.39 is 0 Å². The van der Waals surface area contributed by atoms with E-state index in [1.807, 2.05) is 18.3 Å². The van der Waals surface area contributed by atoms with Crippen LogP contribution < -0.4 is 5.32 Å². The second kappa shape index (κ2) is 10.7. The zero-order chi connectivity index (χ0) is 22.5. The number of fused-ring (bicyclic) bond motifs is 1. The Morgan fingerprint density at radius 2 is 2.09 bits per heavy atom. The summed E-state index contributed by atoms with van der Waals surface area (Å²) in [7, 11) is 0. The third kappa shape index (κ3) is 5.10. The van der Waals surface area contributed by atoms with Gasteiger partial charge in [0.15, 0.2) is 0 Å². The molecule has 170 valence electrons. The third-order valence-corrected chi connectivity index (χ3v) is 7.26. The van der Waals surface area contributed by atoms with Gasteiger partial charge in [-0.3, -0.25) is 9.88 Å². The van der Waals surface area contributed by atoms with Gasteiger partial charge in [0.05, 0.1) is 10.7 Å². The van der Waals surface area contributed by atoms with Crippen LogP contribution in [0.5, 0.6) is 0 Å². The van der Waals surface area contributed by atoms with Crippen molar-refractivity contribution in [1.82, 2.24) is 15.2 Å². The lowest BCUT2D eigenvalue weighted by Crippen LogP contribution is -2.45. The smallest absolute Gasteiger partial charge is 0.105 e. The zero-order valence-corrected chi connectivity index (χ0v) is 20.5. The number of nitrogens with one attached hydrogen (secondary N) is 1. The average molecular weight is 450 g/mol. The van der Waals surface area contributed by atoms with Crippen molar-refractivity contribution in [2.45, 2.75) is 71.8 Å². The lowest BCUT2D eigenvalue weighted by molar-refractivity contribution is 0.185. The highest BCUT2D eigenvalue weighted by atomic mass is 35.5. The summed E-state index contributed by atoms with van der Waals surface area (Å²) in [5.74, 6) is 0. The Bertz CT molecular complexity index is 1010. The lowest BCUT2D eigenvalue weighted by Gasteiger charge is -2.39. The first kappa shape index (κ1) is 23.1. The van der Waals surface area contributed by atoms with Crippen molar-refractivity contribution in [2.24, 2.45) is 0 Å². The lowest BCUT2D eigenvalue weighted by atomic mass is 9.83. The van der Waals surface area contributed by atoms with Crippen LogP contribution in [0.3, 0.4) is 0 Å². The first-order chi connectivity index (χ1) is 15.6. The normalized spacial score (nSPS) is 19.8. The van der Waals surface area contributed by atoms with E-state index >= 15 is 0 Å². The number of hydrogen-bond donors (Lipinski definition) is 1. The van der Waals surface area contributed by atoms with E-state index in [2.05, 4.69) is 60.2 Å². The number of halogens is 1. The van der Waals surface area contributed by atoms with E-state index in [0.29, 0.717) is 11.1 Å². The molecule has 2 aliphatic rings. The van der Waals surface area contributed by atoms with Gasteiger partial charge < -0.3 is 5.32 Å². The van der Waals surface area contributed by atoms with Gasteiger partial charge in [-0.05, 0) is 74.3 Å². The summed E-state index contributed by atoms with van der Waals surface area (Å²) in [5, 5.41) is 4.43. The van der Waals surface area contributed by atoms with Crippen LogP contribution in [0.1, 0.15) is 68.8 Å². The van der Waals surface area contributed by atoms with E-state index in [0.717, 1.165) is 37.3 Å². The molecule has 0 saturated carbocycles. The summed E-state index contributed by atoms with van der Waals surface area (Å²) in [6.45, 7) is 8.81. The van der Waals surface area contributed by atoms with E-state index in [4.69, 9.17) is 11.6 Å². The second-order valence-corrected chi connectivity index (χ2v) is 9.57. The number of benzene rings is 1. The van der Waals surface area contributed by atoms with Gasteiger partial charge in [0.1, 0.15) is 5.69 Å². The Morgan fingerprint density at radius 3 is 2.88 bits per heavy atom. The first-order valence-electron chi connectivity index (χ1n) is 12.2. The van der Waals surface area contributed by atoms with Crippen molar-refractivity contribution in [3.8, 4) is 0 Å². The fraction of sp³-hybridized carbons (Fsp3) is 0.464. The van der Waals surface area contributed by atoms with Gasteiger partial charge in [0.2, 0.25) is 0 Å². The molecule has 2 heterocycles. The molecule has 0 radical (unpaired) electrons. The molecule has 1 aromatic carbocycles. The van der Waals surface area contributed by atoms with Crippen molar-refractivity contribution < 1.29 is 0 Å². The van der Waals surface area contributed by atoms with Gasteiger partial charge in [-0.15, -0.1) is 0 Å². The van der Waals surface area contributed by atoms with Gasteiger partial charge >= 0.3 is 0 Å². The fourth-order valence-electron chi connectivity index (χ4n) is 5.15. The maximum absolute atomic E-state index is 6.48. The van der Waals surface area contributed by atoms with E-state index in [1.54, 1.807) is 16.7 Å². The molecule has 1 aromatic heterocycles. The Kier molecular flexibility index (Phi) is 7.70. The molecule has 4 heteroatoms. The van der Waals surface area contributed by atoms with Gasteiger partial charge in [0, 0.05) is 31.0 Å². The maximum Gasteiger partial charge on any atom is 0.105 e. The van der Waals surface area contributed by atoms with Crippen molar-refractivity contribution >= 4 is 17.3 Å². The van der Waals surface area contributed by atoms with E-state index in [9.17, 15) is 0 Å². The standard InChI is InChI=1S/C28H36ClN3/c1-4-8-21-10-6-11-22-13-14-23(18-24(21)22)32-17-15-20(3)27(19-32)31-26(9-5-2)28-25(29)12-7-16-30-28/h6-7,9-12,16,23,31H,4-5,8,13-15,17-19H2,1-3H3/b26-9+. The van der Waals surface area contributed by atoms with Gasteiger partial charge in [-0.1, -0.05) is 61.7 Å². The highest BCUT2D eigenvalue weighted by Gasteiger charge is 2.28. The molecule has 0 spiro atoms.